The van der Waals surface area contributed by atoms with Gasteiger partial charge in [0, 0.05) is 32.0 Å². The van der Waals surface area contributed by atoms with Crippen LogP contribution in [0.25, 0.3) is 11.0 Å². The molecule has 3 rings (SSSR count). The average molecular weight is 412 g/mol. The third kappa shape index (κ3) is 4.67. The van der Waals surface area contributed by atoms with Crippen LogP contribution in [0.4, 0.5) is 0 Å². The van der Waals surface area contributed by atoms with Crippen LogP contribution in [0.3, 0.4) is 0 Å². The lowest BCUT2D eigenvalue weighted by Crippen LogP contribution is -2.35. The minimum Gasteiger partial charge on any atom is -0.396 e. The fraction of sp³-hybridized carbons (Fsp3) is 0.632. The standard InChI is InChI=1S/C19H29N3O3S2/c1-2-22-18-10-9-16(27(24,25)21-11-5-3-6-12-21)15-17(18)20-19(22)26-14-8-4-7-13-23/h9-10,15,23H,2-8,11-14H2,1H3. The molecular formula is C19H29N3O3S2. The van der Waals surface area contributed by atoms with E-state index in [0.29, 0.717) is 18.0 Å². The Morgan fingerprint density at radius 1 is 1.15 bits per heavy atom. The van der Waals surface area contributed by atoms with Crippen LogP contribution >= 0.6 is 11.8 Å². The Balaban J connectivity index is 1.82. The van der Waals surface area contributed by atoms with Crippen molar-refractivity contribution < 1.29 is 13.5 Å². The van der Waals surface area contributed by atoms with Crippen molar-refractivity contribution in [1.82, 2.24) is 13.9 Å². The second-order valence-corrected chi connectivity index (χ2v) is 9.89. The summed E-state index contributed by atoms with van der Waals surface area (Å²) in [6, 6.07) is 5.33. The third-order valence-corrected chi connectivity index (χ3v) is 7.94. The number of nitrogens with zero attached hydrogens (tertiary/aromatic N) is 3. The van der Waals surface area contributed by atoms with Crippen molar-refractivity contribution >= 4 is 32.8 Å². The number of aliphatic hydroxyl groups is 1. The Kier molecular flexibility index (Phi) is 7.19. The molecule has 0 unspecified atom stereocenters. The molecule has 0 aliphatic carbocycles. The molecule has 1 aromatic heterocycles. The smallest absolute Gasteiger partial charge is 0.243 e. The zero-order valence-electron chi connectivity index (χ0n) is 15.9. The second kappa shape index (κ2) is 9.41. The van der Waals surface area contributed by atoms with Gasteiger partial charge in [-0.15, -0.1) is 0 Å². The number of aliphatic hydroxyl groups excluding tert-OH is 1. The van der Waals surface area contributed by atoms with Crippen LogP contribution in [-0.4, -0.2) is 52.8 Å². The summed E-state index contributed by atoms with van der Waals surface area (Å²) in [6.45, 7) is 4.34. The average Bonchev–Trinajstić information content (AvgIpc) is 3.05. The molecule has 150 valence electrons. The van der Waals surface area contributed by atoms with Gasteiger partial charge in [0.25, 0.3) is 0 Å². The fourth-order valence-electron chi connectivity index (χ4n) is 3.47. The molecule has 1 N–H and O–H groups in total. The Bertz CT molecular complexity index is 858. The highest BCUT2D eigenvalue weighted by molar-refractivity contribution is 7.99. The molecule has 1 fully saturated rings. The van der Waals surface area contributed by atoms with Crippen molar-refractivity contribution in [2.24, 2.45) is 0 Å². The van der Waals surface area contributed by atoms with Crippen LogP contribution in [-0.2, 0) is 16.6 Å². The summed E-state index contributed by atoms with van der Waals surface area (Å²) >= 11 is 1.70. The van der Waals surface area contributed by atoms with Gasteiger partial charge in [-0.1, -0.05) is 24.6 Å². The minimum absolute atomic E-state index is 0.242. The van der Waals surface area contributed by atoms with Crippen molar-refractivity contribution in [3.8, 4) is 0 Å². The molecule has 1 aliphatic rings. The van der Waals surface area contributed by atoms with Gasteiger partial charge in [0.1, 0.15) is 0 Å². The number of imidazole rings is 1. The number of unbranched alkanes of at least 4 members (excludes halogenated alkanes) is 2. The van der Waals surface area contributed by atoms with Crippen LogP contribution in [0.15, 0.2) is 28.3 Å². The van der Waals surface area contributed by atoms with E-state index in [2.05, 4.69) is 11.5 Å². The van der Waals surface area contributed by atoms with Gasteiger partial charge in [-0.25, -0.2) is 13.4 Å². The predicted octanol–water partition coefficient (Wildman–Crippen LogP) is 3.49. The van der Waals surface area contributed by atoms with Crippen LogP contribution < -0.4 is 0 Å². The first kappa shape index (κ1) is 20.6. The number of aryl methyl sites for hydroxylation is 1. The number of hydrogen-bond acceptors (Lipinski definition) is 5. The van der Waals surface area contributed by atoms with E-state index in [1.54, 1.807) is 28.2 Å². The fourth-order valence-corrected chi connectivity index (χ4v) is 6.09. The van der Waals surface area contributed by atoms with Crippen molar-refractivity contribution in [3.63, 3.8) is 0 Å². The molecule has 27 heavy (non-hydrogen) atoms. The summed E-state index contributed by atoms with van der Waals surface area (Å²) in [4.78, 5) is 5.06. The number of piperidine rings is 1. The highest BCUT2D eigenvalue weighted by atomic mass is 32.2. The number of fused-ring (bicyclic) bond motifs is 1. The number of hydrogen-bond donors (Lipinski definition) is 1. The van der Waals surface area contributed by atoms with Crippen LogP contribution in [0.5, 0.6) is 0 Å². The predicted molar refractivity (Wildman–Crippen MR) is 110 cm³/mol. The van der Waals surface area contributed by atoms with E-state index < -0.39 is 10.0 Å². The molecule has 1 aliphatic heterocycles. The molecule has 0 spiro atoms. The molecule has 2 heterocycles. The van der Waals surface area contributed by atoms with E-state index in [-0.39, 0.29) is 6.61 Å². The molecule has 8 heteroatoms. The molecule has 0 saturated carbocycles. The molecule has 0 amide bonds. The first-order chi connectivity index (χ1) is 13.1. The summed E-state index contributed by atoms with van der Waals surface area (Å²) in [7, 11) is -3.44. The first-order valence-electron chi connectivity index (χ1n) is 9.82. The lowest BCUT2D eigenvalue weighted by atomic mass is 10.2. The Morgan fingerprint density at radius 2 is 1.93 bits per heavy atom. The summed E-state index contributed by atoms with van der Waals surface area (Å²) in [6.07, 6.45) is 5.85. The maximum atomic E-state index is 12.9. The summed E-state index contributed by atoms with van der Waals surface area (Å²) in [5, 5.41) is 9.80. The number of rotatable bonds is 9. The lowest BCUT2D eigenvalue weighted by Gasteiger charge is -2.25. The van der Waals surface area contributed by atoms with Crippen LogP contribution in [0.1, 0.15) is 45.4 Å². The molecule has 0 atom stereocenters. The van der Waals surface area contributed by atoms with Gasteiger partial charge in [-0.05, 0) is 50.8 Å². The zero-order valence-corrected chi connectivity index (χ0v) is 17.6. The maximum absolute atomic E-state index is 12.9. The second-order valence-electron chi connectivity index (χ2n) is 6.89. The lowest BCUT2D eigenvalue weighted by molar-refractivity contribution is 0.284. The van der Waals surface area contributed by atoms with Gasteiger partial charge in [0.2, 0.25) is 10.0 Å². The number of aromatic nitrogens is 2. The highest BCUT2D eigenvalue weighted by Gasteiger charge is 2.26. The molecule has 0 radical (unpaired) electrons. The Hall–Kier alpha value is -1.09. The van der Waals surface area contributed by atoms with Crippen molar-refractivity contribution in [1.29, 1.82) is 0 Å². The Morgan fingerprint density at radius 3 is 2.63 bits per heavy atom. The number of thioether (sulfide) groups is 1. The molecule has 1 aromatic carbocycles. The summed E-state index contributed by atoms with van der Waals surface area (Å²) in [5.41, 5.74) is 1.72. The normalized spacial score (nSPS) is 16.2. The summed E-state index contributed by atoms with van der Waals surface area (Å²) < 4.78 is 29.6. The van der Waals surface area contributed by atoms with Crippen molar-refractivity contribution in [2.75, 3.05) is 25.4 Å². The molecule has 1 saturated heterocycles. The highest BCUT2D eigenvalue weighted by Crippen LogP contribution is 2.28. The SMILES string of the molecule is CCn1c(SCCCCCO)nc2cc(S(=O)(=O)N3CCCCC3)ccc21. The van der Waals surface area contributed by atoms with Gasteiger partial charge in [0.05, 0.1) is 15.9 Å². The van der Waals surface area contributed by atoms with Gasteiger partial charge in [-0.3, -0.25) is 0 Å². The molecular weight excluding hydrogens is 382 g/mol. The first-order valence-corrected chi connectivity index (χ1v) is 12.2. The van der Waals surface area contributed by atoms with E-state index in [0.717, 1.165) is 67.0 Å². The van der Waals surface area contributed by atoms with E-state index >= 15 is 0 Å². The monoisotopic (exact) mass is 411 g/mol. The quantitative estimate of drug-likeness (QED) is 0.505. The van der Waals surface area contributed by atoms with Crippen molar-refractivity contribution in [2.45, 2.75) is 62.0 Å². The van der Waals surface area contributed by atoms with E-state index in [1.807, 2.05) is 6.07 Å². The van der Waals surface area contributed by atoms with Crippen LogP contribution in [0, 0.1) is 0 Å². The topological polar surface area (TPSA) is 75.4 Å². The molecule has 0 bridgehead atoms. The molecule has 6 nitrogen and oxygen atoms in total. The Labute approximate surface area is 166 Å². The van der Waals surface area contributed by atoms with E-state index in [4.69, 9.17) is 10.1 Å². The van der Waals surface area contributed by atoms with E-state index in [1.165, 1.54) is 0 Å². The van der Waals surface area contributed by atoms with Crippen molar-refractivity contribution in [3.05, 3.63) is 18.2 Å². The minimum atomic E-state index is -3.44. The summed E-state index contributed by atoms with van der Waals surface area (Å²) in [5.74, 6) is 0.947. The third-order valence-electron chi connectivity index (χ3n) is 4.99. The zero-order chi connectivity index (χ0) is 19.3. The van der Waals surface area contributed by atoms with Gasteiger partial charge >= 0.3 is 0 Å². The van der Waals surface area contributed by atoms with E-state index in [9.17, 15) is 8.42 Å². The van der Waals surface area contributed by atoms with Gasteiger partial charge < -0.3 is 9.67 Å². The largest absolute Gasteiger partial charge is 0.396 e. The molecule has 2 aromatic rings. The van der Waals surface area contributed by atoms with Crippen LogP contribution in [0.2, 0.25) is 0 Å². The maximum Gasteiger partial charge on any atom is 0.243 e. The number of benzene rings is 1. The van der Waals surface area contributed by atoms with Gasteiger partial charge in [0.15, 0.2) is 5.16 Å². The van der Waals surface area contributed by atoms with Gasteiger partial charge in [-0.2, -0.15) is 4.31 Å². The number of sulfonamides is 1.